The molecular weight excluding hydrogens is 184 g/mol. The van der Waals surface area contributed by atoms with Gasteiger partial charge in [0.05, 0.1) is 0 Å². The molecule has 1 fully saturated rings. The normalized spacial score (nSPS) is 31.2. The Morgan fingerprint density at radius 3 is 2.53 bits per heavy atom. The van der Waals surface area contributed by atoms with E-state index in [-0.39, 0.29) is 0 Å². The van der Waals surface area contributed by atoms with Crippen molar-refractivity contribution in [2.75, 3.05) is 13.6 Å². The van der Waals surface area contributed by atoms with Gasteiger partial charge in [-0.2, -0.15) is 0 Å². The second-order valence-electron chi connectivity index (χ2n) is 6.47. The molecule has 0 heterocycles. The first-order valence-electron chi connectivity index (χ1n) is 6.27. The van der Waals surface area contributed by atoms with E-state index in [0.717, 1.165) is 12.5 Å². The molecule has 90 valence electrons. The second kappa shape index (κ2) is 4.84. The Morgan fingerprint density at radius 1 is 1.40 bits per heavy atom. The van der Waals surface area contributed by atoms with Gasteiger partial charge in [0.15, 0.2) is 0 Å². The van der Waals surface area contributed by atoms with Crippen molar-refractivity contribution in [3.05, 3.63) is 0 Å². The standard InChI is InChI=1S/C13H28N2/c1-10(2)9-15(5)12-8-13(3,4)7-6-11(12)14/h10-12H,6-9,14H2,1-5H3. The molecule has 2 nitrogen and oxygen atoms in total. The summed E-state index contributed by atoms with van der Waals surface area (Å²) in [6.07, 6.45) is 3.71. The van der Waals surface area contributed by atoms with Gasteiger partial charge >= 0.3 is 0 Å². The summed E-state index contributed by atoms with van der Waals surface area (Å²) in [4.78, 5) is 2.47. The van der Waals surface area contributed by atoms with E-state index in [4.69, 9.17) is 5.73 Å². The predicted molar refractivity (Wildman–Crippen MR) is 66.9 cm³/mol. The molecule has 0 aromatic carbocycles. The molecule has 0 bridgehead atoms. The van der Waals surface area contributed by atoms with Crippen molar-refractivity contribution >= 4 is 0 Å². The van der Waals surface area contributed by atoms with E-state index in [1.807, 2.05) is 0 Å². The quantitative estimate of drug-likeness (QED) is 0.779. The van der Waals surface area contributed by atoms with Crippen LogP contribution in [0.3, 0.4) is 0 Å². The smallest absolute Gasteiger partial charge is 0.0249 e. The molecule has 2 N–H and O–H groups in total. The highest BCUT2D eigenvalue weighted by atomic mass is 15.1. The van der Waals surface area contributed by atoms with Crippen molar-refractivity contribution in [2.24, 2.45) is 17.1 Å². The first-order chi connectivity index (χ1) is 6.82. The maximum Gasteiger partial charge on any atom is 0.0249 e. The van der Waals surface area contributed by atoms with Gasteiger partial charge in [-0.25, -0.2) is 0 Å². The number of likely N-dealkylation sites (N-methyl/N-ethyl adjacent to an activating group) is 1. The first kappa shape index (κ1) is 13.0. The molecule has 1 rings (SSSR count). The van der Waals surface area contributed by atoms with Crippen LogP contribution in [0.1, 0.15) is 47.0 Å². The molecule has 0 aliphatic heterocycles. The summed E-state index contributed by atoms with van der Waals surface area (Å²) in [5.74, 6) is 0.729. The molecule has 0 spiro atoms. The molecule has 0 amide bonds. The number of hydrogen-bond acceptors (Lipinski definition) is 2. The fourth-order valence-electron chi connectivity index (χ4n) is 2.76. The Bertz CT molecular complexity index is 199. The largest absolute Gasteiger partial charge is 0.326 e. The van der Waals surface area contributed by atoms with Gasteiger partial charge in [-0.1, -0.05) is 27.7 Å². The molecule has 2 unspecified atom stereocenters. The van der Waals surface area contributed by atoms with Gasteiger partial charge in [0.25, 0.3) is 0 Å². The third kappa shape index (κ3) is 3.76. The van der Waals surface area contributed by atoms with Crippen LogP contribution in [0.15, 0.2) is 0 Å². The number of rotatable bonds is 3. The topological polar surface area (TPSA) is 29.3 Å². The molecule has 2 atom stereocenters. The summed E-state index contributed by atoms with van der Waals surface area (Å²) < 4.78 is 0. The van der Waals surface area contributed by atoms with Gasteiger partial charge in [-0.05, 0) is 37.6 Å². The van der Waals surface area contributed by atoms with Crippen molar-refractivity contribution in [1.29, 1.82) is 0 Å². The summed E-state index contributed by atoms with van der Waals surface area (Å²) in [6.45, 7) is 10.4. The fourth-order valence-corrected chi connectivity index (χ4v) is 2.76. The summed E-state index contributed by atoms with van der Waals surface area (Å²) >= 11 is 0. The average molecular weight is 212 g/mol. The molecule has 0 aromatic heterocycles. The van der Waals surface area contributed by atoms with E-state index in [1.54, 1.807) is 0 Å². The zero-order chi connectivity index (χ0) is 11.6. The second-order valence-corrected chi connectivity index (χ2v) is 6.47. The predicted octanol–water partition coefficient (Wildman–Crippen LogP) is 2.48. The monoisotopic (exact) mass is 212 g/mol. The SMILES string of the molecule is CC(C)CN(C)C1CC(C)(C)CCC1N. The van der Waals surface area contributed by atoms with Gasteiger partial charge in [0, 0.05) is 18.6 Å². The van der Waals surface area contributed by atoms with Crippen LogP contribution in [0, 0.1) is 11.3 Å². The van der Waals surface area contributed by atoms with Crippen molar-refractivity contribution in [3.8, 4) is 0 Å². The van der Waals surface area contributed by atoms with Crippen molar-refractivity contribution in [3.63, 3.8) is 0 Å². The summed E-state index contributed by atoms with van der Waals surface area (Å²) in [7, 11) is 2.23. The van der Waals surface area contributed by atoms with E-state index in [1.165, 1.54) is 19.3 Å². The lowest BCUT2D eigenvalue weighted by molar-refractivity contribution is 0.0886. The van der Waals surface area contributed by atoms with Crippen LogP contribution in [-0.4, -0.2) is 30.6 Å². The molecule has 1 aliphatic carbocycles. The van der Waals surface area contributed by atoms with Gasteiger partial charge in [0.1, 0.15) is 0 Å². The molecule has 15 heavy (non-hydrogen) atoms. The molecule has 0 radical (unpaired) electrons. The number of nitrogens with two attached hydrogens (primary N) is 1. The Hall–Kier alpha value is -0.0800. The van der Waals surface area contributed by atoms with Crippen molar-refractivity contribution in [1.82, 2.24) is 4.90 Å². The minimum atomic E-state index is 0.377. The minimum absolute atomic E-state index is 0.377. The molecule has 0 aromatic rings. The molecular formula is C13H28N2. The highest BCUT2D eigenvalue weighted by molar-refractivity contribution is 4.92. The van der Waals surface area contributed by atoms with E-state index in [2.05, 4.69) is 39.6 Å². The third-order valence-electron chi connectivity index (χ3n) is 3.63. The number of nitrogens with zero attached hydrogens (tertiary/aromatic N) is 1. The summed E-state index contributed by atoms with van der Waals surface area (Å²) in [5, 5.41) is 0. The highest BCUT2D eigenvalue weighted by Crippen LogP contribution is 2.36. The lowest BCUT2D eigenvalue weighted by Crippen LogP contribution is -2.52. The van der Waals surface area contributed by atoms with E-state index in [9.17, 15) is 0 Å². The van der Waals surface area contributed by atoms with Crippen LogP contribution < -0.4 is 5.73 Å². The molecule has 1 saturated carbocycles. The zero-order valence-corrected chi connectivity index (χ0v) is 11.1. The zero-order valence-electron chi connectivity index (χ0n) is 11.1. The van der Waals surface area contributed by atoms with Gasteiger partial charge < -0.3 is 10.6 Å². The molecule has 1 aliphatic rings. The third-order valence-corrected chi connectivity index (χ3v) is 3.63. The molecule has 2 heteroatoms. The van der Waals surface area contributed by atoms with E-state index >= 15 is 0 Å². The fraction of sp³-hybridized carbons (Fsp3) is 1.00. The van der Waals surface area contributed by atoms with Crippen molar-refractivity contribution < 1.29 is 0 Å². The van der Waals surface area contributed by atoms with Crippen LogP contribution in [0.4, 0.5) is 0 Å². The van der Waals surface area contributed by atoms with Crippen LogP contribution in [0.5, 0.6) is 0 Å². The van der Waals surface area contributed by atoms with Gasteiger partial charge in [-0.15, -0.1) is 0 Å². The Labute approximate surface area is 95.2 Å². The van der Waals surface area contributed by atoms with Crippen LogP contribution in [-0.2, 0) is 0 Å². The van der Waals surface area contributed by atoms with Crippen LogP contribution >= 0.6 is 0 Å². The maximum absolute atomic E-state index is 6.24. The Kier molecular flexibility index (Phi) is 4.19. The van der Waals surface area contributed by atoms with Gasteiger partial charge in [0.2, 0.25) is 0 Å². The molecule has 0 saturated heterocycles. The van der Waals surface area contributed by atoms with Crippen molar-refractivity contribution in [2.45, 2.75) is 59.0 Å². The van der Waals surface area contributed by atoms with Crippen LogP contribution in [0.25, 0.3) is 0 Å². The summed E-state index contributed by atoms with van der Waals surface area (Å²) in [5.41, 5.74) is 6.71. The van der Waals surface area contributed by atoms with E-state index < -0.39 is 0 Å². The maximum atomic E-state index is 6.24. The lowest BCUT2D eigenvalue weighted by Gasteiger charge is -2.44. The number of hydrogen-bond donors (Lipinski definition) is 1. The van der Waals surface area contributed by atoms with Crippen LogP contribution in [0.2, 0.25) is 0 Å². The summed E-state index contributed by atoms with van der Waals surface area (Å²) in [6, 6.07) is 0.956. The Balaban J connectivity index is 2.57. The first-order valence-corrected chi connectivity index (χ1v) is 6.27. The Morgan fingerprint density at radius 2 is 2.00 bits per heavy atom. The minimum Gasteiger partial charge on any atom is -0.326 e. The van der Waals surface area contributed by atoms with Gasteiger partial charge in [-0.3, -0.25) is 0 Å². The van der Waals surface area contributed by atoms with E-state index in [0.29, 0.717) is 17.5 Å². The highest BCUT2D eigenvalue weighted by Gasteiger charge is 2.34. The lowest BCUT2D eigenvalue weighted by atomic mass is 9.72. The average Bonchev–Trinajstić information content (AvgIpc) is 2.08.